The molecule has 114 valence electrons. The zero-order valence-electron chi connectivity index (χ0n) is 13.5. The van der Waals surface area contributed by atoms with Crippen LogP contribution in [0, 0.1) is 0 Å². The highest BCUT2D eigenvalue weighted by atomic mass is 15.1. The van der Waals surface area contributed by atoms with Crippen molar-refractivity contribution in [2.75, 3.05) is 17.7 Å². The second-order valence-electron chi connectivity index (χ2n) is 5.32. The van der Waals surface area contributed by atoms with Crippen LogP contribution in [0.5, 0.6) is 0 Å². The summed E-state index contributed by atoms with van der Waals surface area (Å²) in [5, 5.41) is 6.83. The van der Waals surface area contributed by atoms with Crippen LogP contribution in [0.4, 0.5) is 11.6 Å². The molecule has 0 amide bonds. The van der Waals surface area contributed by atoms with Gasteiger partial charge in [0, 0.05) is 18.7 Å². The maximum Gasteiger partial charge on any atom is 0.134 e. The Kier molecular flexibility index (Phi) is 8.00. The van der Waals surface area contributed by atoms with Crippen LogP contribution in [0.25, 0.3) is 0 Å². The normalized spacial score (nSPS) is 12.2. The van der Waals surface area contributed by atoms with Gasteiger partial charge in [0.25, 0.3) is 0 Å². The second-order valence-corrected chi connectivity index (χ2v) is 5.32. The molecular weight excluding hydrogens is 248 g/mol. The van der Waals surface area contributed by atoms with Crippen LogP contribution in [-0.2, 0) is 6.42 Å². The SMILES string of the molecule is CCCCC(CCC)Nc1ncnc(NC)c1CCC. The van der Waals surface area contributed by atoms with Crippen molar-refractivity contribution in [3.05, 3.63) is 11.9 Å². The van der Waals surface area contributed by atoms with Gasteiger partial charge < -0.3 is 10.6 Å². The number of rotatable bonds is 10. The number of hydrogen-bond donors (Lipinski definition) is 2. The van der Waals surface area contributed by atoms with E-state index in [2.05, 4.69) is 41.4 Å². The standard InChI is InChI=1S/C16H30N4/c1-5-8-11-13(9-6-2)20-16-14(10-7-3)15(17-4)18-12-19-16/h12-13H,5-11H2,1-4H3,(H2,17,18,19,20). The molecule has 0 bridgehead atoms. The largest absolute Gasteiger partial charge is 0.373 e. The Morgan fingerprint density at radius 1 is 1.00 bits per heavy atom. The van der Waals surface area contributed by atoms with Crippen molar-refractivity contribution in [2.24, 2.45) is 0 Å². The summed E-state index contributed by atoms with van der Waals surface area (Å²) in [6.07, 6.45) is 9.89. The zero-order chi connectivity index (χ0) is 14.8. The Morgan fingerprint density at radius 2 is 1.75 bits per heavy atom. The predicted molar refractivity (Wildman–Crippen MR) is 87.4 cm³/mol. The van der Waals surface area contributed by atoms with E-state index in [1.54, 1.807) is 6.33 Å². The van der Waals surface area contributed by atoms with E-state index in [1.807, 2.05) is 7.05 Å². The highest BCUT2D eigenvalue weighted by molar-refractivity contribution is 5.57. The average molecular weight is 278 g/mol. The van der Waals surface area contributed by atoms with E-state index in [0.717, 1.165) is 24.5 Å². The average Bonchev–Trinajstić information content (AvgIpc) is 2.46. The molecule has 0 saturated carbocycles. The lowest BCUT2D eigenvalue weighted by Crippen LogP contribution is -2.21. The van der Waals surface area contributed by atoms with E-state index in [1.165, 1.54) is 37.7 Å². The zero-order valence-corrected chi connectivity index (χ0v) is 13.5. The molecule has 1 aromatic rings. The summed E-state index contributed by atoms with van der Waals surface area (Å²) in [6.45, 7) is 6.68. The Labute approximate surface area is 123 Å². The van der Waals surface area contributed by atoms with Gasteiger partial charge in [-0.15, -0.1) is 0 Å². The Bertz CT molecular complexity index is 379. The van der Waals surface area contributed by atoms with E-state index in [-0.39, 0.29) is 0 Å². The topological polar surface area (TPSA) is 49.8 Å². The molecule has 2 N–H and O–H groups in total. The molecule has 1 aromatic heterocycles. The van der Waals surface area contributed by atoms with Crippen molar-refractivity contribution < 1.29 is 0 Å². The molecule has 0 fully saturated rings. The van der Waals surface area contributed by atoms with Gasteiger partial charge in [0.1, 0.15) is 18.0 Å². The maximum atomic E-state index is 4.47. The van der Waals surface area contributed by atoms with Gasteiger partial charge in [0.15, 0.2) is 0 Å². The molecule has 20 heavy (non-hydrogen) atoms. The van der Waals surface area contributed by atoms with Crippen LogP contribution in [0.15, 0.2) is 6.33 Å². The fraction of sp³-hybridized carbons (Fsp3) is 0.750. The summed E-state index contributed by atoms with van der Waals surface area (Å²) in [7, 11) is 1.92. The monoisotopic (exact) mass is 278 g/mol. The Hall–Kier alpha value is -1.32. The van der Waals surface area contributed by atoms with Crippen LogP contribution in [-0.4, -0.2) is 23.1 Å². The third-order valence-corrected chi connectivity index (χ3v) is 3.57. The molecule has 0 aliphatic carbocycles. The number of unbranched alkanes of at least 4 members (excludes halogenated alkanes) is 1. The molecule has 0 radical (unpaired) electrons. The highest BCUT2D eigenvalue weighted by Crippen LogP contribution is 2.23. The quantitative estimate of drug-likeness (QED) is 0.672. The lowest BCUT2D eigenvalue weighted by molar-refractivity contribution is 0.562. The molecule has 4 heteroatoms. The van der Waals surface area contributed by atoms with Crippen LogP contribution in [0.2, 0.25) is 0 Å². The van der Waals surface area contributed by atoms with E-state index >= 15 is 0 Å². The van der Waals surface area contributed by atoms with Gasteiger partial charge in [0.05, 0.1) is 0 Å². The first-order valence-corrected chi connectivity index (χ1v) is 8.04. The number of aromatic nitrogens is 2. The predicted octanol–water partition coefficient (Wildman–Crippen LogP) is 4.24. The fourth-order valence-electron chi connectivity index (χ4n) is 2.52. The summed E-state index contributed by atoms with van der Waals surface area (Å²) in [5.41, 5.74) is 1.22. The van der Waals surface area contributed by atoms with Crippen LogP contribution in [0.1, 0.15) is 64.9 Å². The fourth-order valence-corrected chi connectivity index (χ4v) is 2.52. The number of nitrogens with zero attached hydrogens (tertiary/aromatic N) is 2. The van der Waals surface area contributed by atoms with E-state index in [4.69, 9.17) is 0 Å². The molecule has 0 spiro atoms. The van der Waals surface area contributed by atoms with Crippen molar-refractivity contribution in [1.29, 1.82) is 0 Å². The molecule has 1 unspecified atom stereocenters. The number of hydrogen-bond acceptors (Lipinski definition) is 4. The minimum atomic E-state index is 0.523. The minimum absolute atomic E-state index is 0.523. The van der Waals surface area contributed by atoms with E-state index < -0.39 is 0 Å². The summed E-state index contributed by atoms with van der Waals surface area (Å²) in [5.74, 6) is 1.97. The van der Waals surface area contributed by atoms with Crippen LogP contribution >= 0.6 is 0 Å². The van der Waals surface area contributed by atoms with Gasteiger partial charge >= 0.3 is 0 Å². The first-order valence-electron chi connectivity index (χ1n) is 8.04. The minimum Gasteiger partial charge on any atom is -0.373 e. The van der Waals surface area contributed by atoms with Crippen molar-refractivity contribution in [1.82, 2.24) is 9.97 Å². The molecular formula is C16H30N4. The lowest BCUT2D eigenvalue weighted by Gasteiger charge is -2.21. The summed E-state index contributed by atoms with van der Waals surface area (Å²) in [4.78, 5) is 8.80. The molecule has 4 nitrogen and oxygen atoms in total. The molecule has 0 aromatic carbocycles. The first-order chi connectivity index (χ1) is 9.76. The summed E-state index contributed by atoms with van der Waals surface area (Å²) in [6, 6.07) is 0.523. The number of nitrogens with one attached hydrogen (secondary N) is 2. The van der Waals surface area contributed by atoms with Gasteiger partial charge in [-0.2, -0.15) is 0 Å². The van der Waals surface area contributed by atoms with Crippen molar-refractivity contribution in [2.45, 2.75) is 71.8 Å². The third kappa shape index (κ3) is 4.99. The molecule has 1 heterocycles. The molecule has 1 rings (SSSR count). The van der Waals surface area contributed by atoms with E-state index in [9.17, 15) is 0 Å². The van der Waals surface area contributed by atoms with Gasteiger partial charge in [-0.1, -0.05) is 46.5 Å². The smallest absolute Gasteiger partial charge is 0.134 e. The highest BCUT2D eigenvalue weighted by Gasteiger charge is 2.14. The molecule has 1 atom stereocenters. The van der Waals surface area contributed by atoms with Crippen molar-refractivity contribution in [3.8, 4) is 0 Å². The Balaban J connectivity index is 2.86. The maximum absolute atomic E-state index is 4.47. The molecule has 0 aliphatic rings. The second kappa shape index (κ2) is 9.56. The number of anilines is 2. The summed E-state index contributed by atoms with van der Waals surface area (Å²) >= 11 is 0. The van der Waals surface area contributed by atoms with Crippen LogP contribution in [0.3, 0.4) is 0 Å². The van der Waals surface area contributed by atoms with Gasteiger partial charge in [-0.25, -0.2) is 9.97 Å². The lowest BCUT2D eigenvalue weighted by atomic mass is 10.0. The van der Waals surface area contributed by atoms with Crippen molar-refractivity contribution >= 4 is 11.6 Å². The van der Waals surface area contributed by atoms with Gasteiger partial charge in [0.2, 0.25) is 0 Å². The van der Waals surface area contributed by atoms with Crippen LogP contribution < -0.4 is 10.6 Å². The van der Waals surface area contributed by atoms with Gasteiger partial charge in [-0.3, -0.25) is 0 Å². The molecule has 0 aliphatic heterocycles. The van der Waals surface area contributed by atoms with Gasteiger partial charge in [-0.05, 0) is 19.3 Å². The molecule has 0 saturated heterocycles. The summed E-state index contributed by atoms with van der Waals surface area (Å²) < 4.78 is 0. The Morgan fingerprint density at radius 3 is 2.35 bits per heavy atom. The third-order valence-electron chi connectivity index (χ3n) is 3.57. The van der Waals surface area contributed by atoms with Crippen molar-refractivity contribution in [3.63, 3.8) is 0 Å². The first kappa shape index (κ1) is 16.7. The van der Waals surface area contributed by atoms with E-state index in [0.29, 0.717) is 6.04 Å².